The Bertz CT molecular complexity index is 2450. The van der Waals surface area contributed by atoms with E-state index in [1.807, 2.05) is 12.4 Å². The van der Waals surface area contributed by atoms with E-state index in [-0.39, 0.29) is 0 Å². The van der Waals surface area contributed by atoms with Crippen molar-refractivity contribution in [3.8, 4) is 33.6 Å². The van der Waals surface area contributed by atoms with Crippen LogP contribution in [0, 0.1) is 0 Å². The lowest BCUT2D eigenvalue weighted by Crippen LogP contribution is -1.95. The van der Waals surface area contributed by atoms with Crippen LogP contribution < -0.4 is 0 Å². The highest BCUT2D eigenvalue weighted by atomic mass is 15.0. The third kappa shape index (κ3) is 3.73. The standard InChI is InChI=1S/C41H27N3/c1-3-9-28(10-4-1)30-15-19-32(20-16-30)43-38-25-26-42-27-36(38)40-39(43)24-23-35-34-13-7-8-14-37(34)44(41(35)40)33-21-17-31(18-22-33)29-11-5-2-6-12-29/h1-27H. The Morgan fingerprint density at radius 2 is 0.909 bits per heavy atom. The van der Waals surface area contributed by atoms with E-state index >= 15 is 0 Å². The van der Waals surface area contributed by atoms with Crippen LogP contribution in [0.25, 0.3) is 77.2 Å². The van der Waals surface area contributed by atoms with Gasteiger partial charge in [-0.15, -0.1) is 0 Å². The number of nitrogens with zero attached hydrogens (tertiary/aromatic N) is 3. The Kier molecular flexibility index (Phi) is 5.50. The minimum absolute atomic E-state index is 1.13. The lowest BCUT2D eigenvalue weighted by atomic mass is 10.1. The summed E-state index contributed by atoms with van der Waals surface area (Å²) < 4.78 is 4.80. The normalized spacial score (nSPS) is 11.6. The minimum Gasteiger partial charge on any atom is -0.309 e. The molecule has 3 nitrogen and oxygen atoms in total. The van der Waals surface area contributed by atoms with Crippen molar-refractivity contribution in [2.45, 2.75) is 0 Å². The summed E-state index contributed by atoms with van der Waals surface area (Å²) in [6.07, 6.45) is 3.91. The van der Waals surface area contributed by atoms with E-state index < -0.39 is 0 Å². The Morgan fingerprint density at radius 3 is 1.57 bits per heavy atom. The van der Waals surface area contributed by atoms with Crippen LogP contribution in [0.3, 0.4) is 0 Å². The quantitative estimate of drug-likeness (QED) is 0.210. The Labute approximate surface area is 254 Å². The maximum atomic E-state index is 4.61. The van der Waals surface area contributed by atoms with Gasteiger partial charge in [0.05, 0.1) is 22.1 Å². The molecule has 3 aromatic heterocycles. The number of pyridine rings is 1. The van der Waals surface area contributed by atoms with Gasteiger partial charge in [-0.2, -0.15) is 0 Å². The van der Waals surface area contributed by atoms with Gasteiger partial charge in [-0.05, 0) is 64.7 Å². The molecule has 44 heavy (non-hydrogen) atoms. The summed E-state index contributed by atoms with van der Waals surface area (Å²) in [6.45, 7) is 0. The van der Waals surface area contributed by atoms with Gasteiger partial charge in [-0.3, -0.25) is 4.98 Å². The second kappa shape index (κ2) is 9.82. The van der Waals surface area contributed by atoms with Gasteiger partial charge in [0, 0.05) is 45.3 Å². The molecule has 0 aliphatic heterocycles. The first kappa shape index (κ1) is 24.6. The highest BCUT2D eigenvalue weighted by molar-refractivity contribution is 6.26. The molecule has 6 aromatic carbocycles. The first-order valence-electron chi connectivity index (χ1n) is 15.0. The van der Waals surface area contributed by atoms with Crippen LogP contribution in [0.15, 0.2) is 164 Å². The molecule has 0 amide bonds. The van der Waals surface area contributed by atoms with Crippen molar-refractivity contribution in [1.82, 2.24) is 14.1 Å². The van der Waals surface area contributed by atoms with Crippen molar-refractivity contribution >= 4 is 43.6 Å². The molecule has 0 aliphatic rings. The van der Waals surface area contributed by atoms with Crippen LogP contribution in [0.4, 0.5) is 0 Å². The van der Waals surface area contributed by atoms with Crippen LogP contribution >= 0.6 is 0 Å². The number of rotatable bonds is 4. The topological polar surface area (TPSA) is 22.8 Å². The molecule has 0 saturated carbocycles. The second-order valence-electron chi connectivity index (χ2n) is 11.3. The largest absolute Gasteiger partial charge is 0.309 e. The van der Waals surface area contributed by atoms with Gasteiger partial charge in [-0.25, -0.2) is 0 Å². The monoisotopic (exact) mass is 561 g/mol. The summed E-state index contributed by atoms with van der Waals surface area (Å²) in [5.74, 6) is 0. The number of hydrogen-bond donors (Lipinski definition) is 0. The molecule has 3 heteroatoms. The molecule has 0 saturated heterocycles. The Hall–Kier alpha value is -5.93. The smallest absolute Gasteiger partial charge is 0.0641 e. The fourth-order valence-corrected chi connectivity index (χ4v) is 6.82. The van der Waals surface area contributed by atoms with Crippen LogP contribution in [0.5, 0.6) is 0 Å². The maximum absolute atomic E-state index is 4.61. The van der Waals surface area contributed by atoms with Gasteiger partial charge in [0.1, 0.15) is 0 Å². The molecule has 3 heterocycles. The fourth-order valence-electron chi connectivity index (χ4n) is 6.82. The second-order valence-corrected chi connectivity index (χ2v) is 11.3. The number of aromatic nitrogens is 3. The van der Waals surface area contributed by atoms with Crippen molar-refractivity contribution in [2.24, 2.45) is 0 Å². The van der Waals surface area contributed by atoms with Crippen LogP contribution in [0.2, 0.25) is 0 Å². The highest BCUT2D eigenvalue weighted by Gasteiger charge is 2.21. The molecule has 0 radical (unpaired) electrons. The highest BCUT2D eigenvalue weighted by Crippen LogP contribution is 2.42. The van der Waals surface area contributed by atoms with Gasteiger partial charge in [-0.1, -0.05) is 109 Å². The predicted molar refractivity (Wildman–Crippen MR) is 184 cm³/mol. The Morgan fingerprint density at radius 1 is 0.364 bits per heavy atom. The lowest BCUT2D eigenvalue weighted by Gasteiger charge is -2.11. The Balaban J connectivity index is 1.32. The van der Waals surface area contributed by atoms with Crippen molar-refractivity contribution in [3.05, 3.63) is 164 Å². The van der Waals surface area contributed by atoms with Crippen LogP contribution in [-0.2, 0) is 0 Å². The molecule has 0 unspecified atom stereocenters. The minimum atomic E-state index is 1.13. The molecular formula is C41H27N3. The van der Waals surface area contributed by atoms with E-state index in [0.29, 0.717) is 0 Å². The zero-order chi connectivity index (χ0) is 29.0. The molecule has 0 atom stereocenters. The van der Waals surface area contributed by atoms with E-state index in [0.717, 1.165) is 27.8 Å². The van der Waals surface area contributed by atoms with Gasteiger partial charge in [0.15, 0.2) is 0 Å². The fraction of sp³-hybridized carbons (Fsp3) is 0. The van der Waals surface area contributed by atoms with Crippen molar-refractivity contribution in [2.75, 3.05) is 0 Å². The van der Waals surface area contributed by atoms with Crippen LogP contribution in [0.1, 0.15) is 0 Å². The van der Waals surface area contributed by atoms with Crippen molar-refractivity contribution in [1.29, 1.82) is 0 Å². The molecule has 0 spiro atoms. The van der Waals surface area contributed by atoms with Gasteiger partial charge < -0.3 is 9.13 Å². The molecule has 9 rings (SSSR count). The van der Waals surface area contributed by atoms with Crippen LogP contribution in [-0.4, -0.2) is 14.1 Å². The van der Waals surface area contributed by atoms with E-state index in [2.05, 4.69) is 166 Å². The summed E-state index contributed by atoms with van der Waals surface area (Å²) in [5, 5.41) is 4.84. The molecule has 0 fully saturated rings. The molecule has 0 aliphatic carbocycles. The SMILES string of the molecule is c1ccc(-c2ccc(-n3c4ccncc4c4c3ccc3c5ccccc5n(-c5ccc(-c6ccccc6)cc5)c34)cc2)cc1. The summed E-state index contributed by atoms with van der Waals surface area (Å²) >= 11 is 0. The zero-order valence-electron chi connectivity index (χ0n) is 23.9. The first-order chi connectivity index (χ1) is 21.8. The lowest BCUT2D eigenvalue weighted by molar-refractivity contribution is 1.17. The van der Waals surface area contributed by atoms with Gasteiger partial charge in [0.25, 0.3) is 0 Å². The third-order valence-corrected chi connectivity index (χ3v) is 8.83. The summed E-state index contributed by atoms with van der Waals surface area (Å²) in [4.78, 5) is 4.61. The van der Waals surface area contributed by atoms with E-state index in [1.54, 1.807) is 0 Å². The third-order valence-electron chi connectivity index (χ3n) is 8.83. The zero-order valence-corrected chi connectivity index (χ0v) is 23.9. The van der Waals surface area contributed by atoms with Crippen molar-refractivity contribution < 1.29 is 0 Å². The number of benzene rings is 6. The average molecular weight is 562 g/mol. The van der Waals surface area contributed by atoms with Gasteiger partial charge >= 0.3 is 0 Å². The number of para-hydroxylation sites is 1. The van der Waals surface area contributed by atoms with E-state index in [1.165, 1.54) is 49.4 Å². The van der Waals surface area contributed by atoms with Gasteiger partial charge in [0.2, 0.25) is 0 Å². The summed E-state index contributed by atoms with van der Waals surface area (Å²) in [6, 6.07) is 54.3. The molecule has 9 aromatic rings. The predicted octanol–water partition coefficient (Wildman–Crippen LogP) is 10.6. The first-order valence-corrected chi connectivity index (χ1v) is 15.0. The van der Waals surface area contributed by atoms with Crippen molar-refractivity contribution in [3.63, 3.8) is 0 Å². The maximum Gasteiger partial charge on any atom is 0.0641 e. The van der Waals surface area contributed by atoms with E-state index in [9.17, 15) is 0 Å². The molecule has 0 bridgehead atoms. The summed E-state index contributed by atoms with van der Waals surface area (Å²) in [7, 11) is 0. The van der Waals surface area contributed by atoms with E-state index in [4.69, 9.17) is 0 Å². The number of fused-ring (bicyclic) bond motifs is 7. The summed E-state index contributed by atoms with van der Waals surface area (Å²) in [5.41, 5.74) is 11.8. The average Bonchev–Trinajstić information content (AvgIpc) is 3.62. The molecule has 206 valence electrons. The molecule has 0 N–H and O–H groups in total. The number of hydrogen-bond acceptors (Lipinski definition) is 1. The molecular weight excluding hydrogens is 534 g/mol.